The van der Waals surface area contributed by atoms with Crippen molar-refractivity contribution in [1.82, 2.24) is 4.72 Å². The summed E-state index contributed by atoms with van der Waals surface area (Å²) in [5.41, 5.74) is -1.30. The van der Waals surface area contributed by atoms with Gasteiger partial charge < -0.3 is 9.84 Å². The van der Waals surface area contributed by atoms with Crippen molar-refractivity contribution < 1.29 is 31.4 Å². The zero-order valence-electron chi connectivity index (χ0n) is 11.0. The summed E-state index contributed by atoms with van der Waals surface area (Å²) < 4.78 is 65.3. The molecule has 0 radical (unpaired) electrons. The first-order valence-electron chi connectivity index (χ1n) is 5.73. The fourth-order valence-corrected chi connectivity index (χ4v) is 2.41. The topological polar surface area (TPSA) is 75.6 Å². The van der Waals surface area contributed by atoms with Crippen LogP contribution in [0.2, 0.25) is 0 Å². The quantitative estimate of drug-likeness (QED) is 0.667. The first-order valence-corrected chi connectivity index (χ1v) is 7.38. The van der Waals surface area contributed by atoms with E-state index in [-0.39, 0.29) is 19.6 Å². The predicted molar refractivity (Wildman–Crippen MR) is 64.2 cm³/mol. The number of nitrogens with one attached hydrogen (secondary N) is 1. The molecule has 1 atom stereocenters. The van der Waals surface area contributed by atoms with Gasteiger partial charge >= 0.3 is 6.18 Å². The fourth-order valence-electron chi connectivity index (χ4n) is 1.21. The summed E-state index contributed by atoms with van der Waals surface area (Å²) in [6.07, 6.45) is -5.79. The maximum atomic E-state index is 11.9. The molecule has 0 aromatic heterocycles. The van der Waals surface area contributed by atoms with Crippen molar-refractivity contribution in [3.8, 4) is 0 Å². The number of hydrogen-bond donors (Lipinski definition) is 2. The number of rotatable bonds is 9. The highest BCUT2D eigenvalue weighted by Crippen LogP contribution is 2.21. The number of halogens is 3. The highest BCUT2D eigenvalue weighted by molar-refractivity contribution is 7.89. The van der Waals surface area contributed by atoms with Gasteiger partial charge in [0.15, 0.2) is 0 Å². The average molecular weight is 307 g/mol. The molecule has 9 heteroatoms. The zero-order valence-corrected chi connectivity index (χ0v) is 11.8. The van der Waals surface area contributed by atoms with E-state index >= 15 is 0 Å². The molecule has 0 rings (SSSR count). The molecule has 0 aliphatic heterocycles. The molecular formula is C10H20F3NO4S. The number of aliphatic hydroxyl groups is 1. The predicted octanol–water partition coefficient (Wildman–Crippen LogP) is 1.04. The number of methoxy groups -OCH3 is 1. The Morgan fingerprint density at radius 2 is 1.84 bits per heavy atom. The van der Waals surface area contributed by atoms with Crippen LogP contribution in [0.1, 0.15) is 26.2 Å². The molecule has 2 N–H and O–H groups in total. The van der Waals surface area contributed by atoms with Crippen molar-refractivity contribution in [3.05, 3.63) is 0 Å². The first kappa shape index (κ1) is 18.6. The summed E-state index contributed by atoms with van der Waals surface area (Å²) in [5, 5.41) is 9.78. The van der Waals surface area contributed by atoms with Crippen LogP contribution in [0.3, 0.4) is 0 Å². The smallest absolute Gasteiger partial charge is 0.389 e. The standard InChI is InChI=1S/C10H20F3NO4S/c1-9(15,5-6-18-2)8-14-19(16,17)7-3-4-10(11,12)13/h14-15H,3-8H2,1-2H3. The van der Waals surface area contributed by atoms with Gasteiger partial charge in [0, 0.05) is 33.1 Å². The molecule has 19 heavy (non-hydrogen) atoms. The lowest BCUT2D eigenvalue weighted by Crippen LogP contribution is -2.42. The Bertz CT molecular complexity index is 354. The minimum Gasteiger partial charge on any atom is -0.389 e. The molecule has 0 saturated heterocycles. The van der Waals surface area contributed by atoms with E-state index in [1.807, 2.05) is 0 Å². The first-order chi connectivity index (χ1) is 8.47. The minimum absolute atomic E-state index is 0.217. The van der Waals surface area contributed by atoms with Crippen molar-refractivity contribution in [2.75, 3.05) is 26.0 Å². The average Bonchev–Trinajstić information content (AvgIpc) is 2.22. The molecule has 0 spiro atoms. The van der Waals surface area contributed by atoms with Crippen LogP contribution in [-0.2, 0) is 14.8 Å². The molecule has 5 nitrogen and oxygen atoms in total. The summed E-state index contributed by atoms with van der Waals surface area (Å²) in [6.45, 7) is 1.41. The van der Waals surface area contributed by atoms with Crippen LogP contribution in [0.5, 0.6) is 0 Å². The summed E-state index contributed by atoms with van der Waals surface area (Å²) in [4.78, 5) is 0. The summed E-state index contributed by atoms with van der Waals surface area (Å²) in [6, 6.07) is 0. The van der Waals surface area contributed by atoms with Crippen LogP contribution in [0.4, 0.5) is 13.2 Å². The monoisotopic (exact) mass is 307 g/mol. The highest BCUT2D eigenvalue weighted by Gasteiger charge is 2.28. The molecule has 0 heterocycles. The normalized spacial score (nSPS) is 16.3. The van der Waals surface area contributed by atoms with Crippen LogP contribution in [-0.4, -0.2) is 51.3 Å². The number of ether oxygens (including phenoxy) is 1. The molecule has 0 aromatic rings. The highest BCUT2D eigenvalue weighted by atomic mass is 32.2. The van der Waals surface area contributed by atoms with Crippen LogP contribution >= 0.6 is 0 Å². The molecule has 0 bridgehead atoms. The molecule has 0 fully saturated rings. The Morgan fingerprint density at radius 3 is 2.32 bits per heavy atom. The number of alkyl halides is 3. The third kappa shape index (κ3) is 11.2. The van der Waals surface area contributed by atoms with E-state index in [0.717, 1.165) is 0 Å². The van der Waals surface area contributed by atoms with Gasteiger partial charge in [-0.25, -0.2) is 13.1 Å². The van der Waals surface area contributed by atoms with Crippen molar-refractivity contribution in [1.29, 1.82) is 0 Å². The Hall–Kier alpha value is -0.380. The lowest BCUT2D eigenvalue weighted by Gasteiger charge is -2.23. The largest absolute Gasteiger partial charge is 0.389 e. The Balaban J connectivity index is 4.10. The van der Waals surface area contributed by atoms with Crippen molar-refractivity contribution in [2.24, 2.45) is 0 Å². The molecule has 0 saturated carbocycles. The van der Waals surface area contributed by atoms with Gasteiger partial charge in [-0.15, -0.1) is 0 Å². The van der Waals surface area contributed by atoms with Gasteiger partial charge in [-0.1, -0.05) is 0 Å². The van der Waals surface area contributed by atoms with Gasteiger partial charge in [0.2, 0.25) is 10.0 Å². The molecule has 0 aliphatic carbocycles. The lowest BCUT2D eigenvalue weighted by atomic mass is 10.0. The van der Waals surface area contributed by atoms with Gasteiger partial charge in [0.25, 0.3) is 0 Å². The van der Waals surface area contributed by atoms with Crippen LogP contribution in [0, 0.1) is 0 Å². The van der Waals surface area contributed by atoms with E-state index in [1.165, 1.54) is 14.0 Å². The molecule has 0 amide bonds. The van der Waals surface area contributed by atoms with Gasteiger partial charge in [-0.2, -0.15) is 13.2 Å². The second-order valence-electron chi connectivity index (χ2n) is 4.60. The number of sulfonamides is 1. The van der Waals surface area contributed by atoms with Crippen LogP contribution in [0.25, 0.3) is 0 Å². The van der Waals surface area contributed by atoms with Crippen molar-refractivity contribution in [3.63, 3.8) is 0 Å². The molecule has 0 aliphatic rings. The van der Waals surface area contributed by atoms with Crippen molar-refractivity contribution >= 4 is 10.0 Å². The van der Waals surface area contributed by atoms with E-state index in [1.54, 1.807) is 0 Å². The fraction of sp³-hybridized carbons (Fsp3) is 1.00. The van der Waals surface area contributed by atoms with Crippen molar-refractivity contribution in [2.45, 2.75) is 38.0 Å². The van der Waals surface area contributed by atoms with Gasteiger partial charge in [-0.05, 0) is 13.3 Å². The van der Waals surface area contributed by atoms with E-state index in [9.17, 15) is 26.7 Å². The lowest BCUT2D eigenvalue weighted by molar-refractivity contribution is -0.134. The SMILES string of the molecule is COCCC(C)(O)CNS(=O)(=O)CCCC(F)(F)F. The second kappa shape index (κ2) is 7.41. The Morgan fingerprint density at radius 1 is 1.26 bits per heavy atom. The molecule has 116 valence electrons. The summed E-state index contributed by atoms with van der Waals surface area (Å²) in [7, 11) is -2.37. The van der Waals surface area contributed by atoms with E-state index in [2.05, 4.69) is 4.72 Å². The Kier molecular flexibility index (Phi) is 7.27. The Labute approximate surface area is 111 Å². The summed E-state index contributed by atoms with van der Waals surface area (Å²) in [5.74, 6) is -0.618. The van der Waals surface area contributed by atoms with Crippen LogP contribution in [0.15, 0.2) is 0 Å². The third-order valence-corrected chi connectivity index (χ3v) is 3.80. The van der Waals surface area contributed by atoms with E-state index in [4.69, 9.17) is 4.74 Å². The minimum atomic E-state index is -4.36. The maximum absolute atomic E-state index is 11.9. The zero-order chi connectivity index (χ0) is 15.2. The number of hydrogen-bond acceptors (Lipinski definition) is 4. The third-order valence-electron chi connectivity index (χ3n) is 2.39. The summed E-state index contributed by atoms with van der Waals surface area (Å²) >= 11 is 0. The molecule has 0 aromatic carbocycles. The van der Waals surface area contributed by atoms with E-state index < -0.39 is 40.4 Å². The van der Waals surface area contributed by atoms with E-state index in [0.29, 0.717) is 0 Å². The maximum Gasteiger partial charge on any atom is 0.389 e. The van der Waals surface area contributed by atoms with Gasteiger partial charge in [0.05, 0.1) is 11.4 Å². The second-order valence-corrected chi connectivity index (χ2v) is 6.52. The van der Waals surface area contributed by atoms with Gasteiger partial charge in [-0.3, -0.25) is 0 Å². The molecular weight excluding hydrogens is 287 g/mol. The molecule has 1 unspecified atom stereocenters. The van der Waals surface area contributed by atoms with Crippen LogP contribution < -0.4 is 4.72 Å². The van der Waals surface area contributed by atoms with Gasteiger partial charge in [0.1, 0.15) is 0 Å².